The number of benzene rings is 1. The topological polar surface area (TPSA) is 45.0 Å². The van der Waals surface area contributed by atoms with Gasteiger partial charge in [-0.2, -0.15) is 5.26 Å². The minimum atomic E-state index is -0.922. The zero-order valence-corrected chi connectivity index (χ0v) is 10.6. The van der Waals surface area contributed by atoms with Gasteiger partial charge in [0.25, 0.3) is 0 Å². The third kappa shape index (κ3) is 3.97. The van der Waals surface area contributed by atoms with Crippen LogP contribution in [0, 0.1) is 23.0 Å². The largest absolute Gasteiger partial charge is 0.487 e. The van der Waals surface area contributed by atoms with E-state index in [4.69, 9.17) is 10.00 Å². The molecule has 0 saturated carbocycles. The Hall–Kier alpha value is -1.67. The van der Waals surface area contributed by atoms with Crippen LogP contribution >= 0.6 is 0 Å². The molecule has 0 amide bonds. The average Bonchev–Trinajstić information content (AvgIpc) is 2.27. The highest BCUT2D eigenvalue weighted by Crippen LogP contribution is 2.19. The normalized spacial score (nSPS) is 14.1. The lowest BCUT2D eigenvalue weighted by Gasteiger charge is -2.25. The quantitative estimate of drug-likeness (QED) is 0.878. The van der Waals surface area contributed by atoms with Crippen molar-refractivity contribution in [3.63, 3.8) is 0 Å². The van der Waals surface area contributed by atoms with Gasteiger partial charge >= 0.3 is 0 Å². The van der Waals surface area contributed by atoms with Crippen LogP contribution in [-0.2, 0) is 0 Å². The van der Waals surface area contributed by atoms with Crippen LogP contribution in [0.25, 0.3) is 0 Å². The molecule has 1 aromatic rings. The first-order chi connectivity index (χ1) is 8.36. The van der Waals surface area contributed by atoms with Crippen molar-refractivity contribution in [3.8, 4) is 11.8 Å². The fourth-order valence-electron chi connectivity index (χ4n) is 1.56. The van der Waals surface area contributed by atoms with Crippen LogP contribution in [0.1, 0.15) is 20.8 Å². The molecule has 0 aliphatic carbocycles. The monoisotopic (exact) mass is 254 g/mol. The van der Waals surface area contributed by atoms with Crippen LogP contribution in [0.3, 0.4) is 0 Å². The summed E-state index contributed by atoms with van der Waals surface area (Å²) in [5.74, 6) is -1.51. The minimum Gasteiger partial charge on any atom is -0.487 e. The first kappa shape index (κ1) is 14.4. The molecule has 0 heterocycles. The van der Waals surface area contributed by atoms with E-state index in [0.29, 0.717) is 0 Å². The van der Waals surface area contributed by atoms with Gasteiger partial charge in [-0.05, 0) is 32.9 Å². The summed E-state index contributed by atoms with van der Waals surface area (Å²) in [4.78, 5) is 0. The summed E-state index contributed by atoms with van der Waals surface area (Å²) in [6.07, 6.45) is 0. The Bertz CT molecular complexity index is 457. The number of ether oxygens (including phenoxy) is 1. The molecular weight excluding hydrogens is 238 g/mol. The van der Waals surface area contributed by atoms with Crippen LogP contribution in [0.4, 0.5) is 8.78 Å². The van der Waals surface area contributed by atoms with Crippen LogP contribution < -0.4 is 10.1 Å². The van der Waals surface area contributed by atoms with E-state index in [1.54, 1.807) is 6.92 Å². The Morgan fingerprint density at radius 3 is 2.61 bits per heavy atom. The lowest BCUT2D eigenvalue weighted by atomic mass is 10.1. The molecule has 0 fully saturated rings. The Morgan fingerprint density at radius 1 is 1.44 bits per heavy atom. The second-order valence-electron chi connectivity index (χ2n) is 4.61. The van der Waals surface area contributed by atoms with Gasteiger partial charge in [0.05, 0.1) is 6.07 Å². The zero-order valence-electron chi connectivity index (χ0n) is 10.6. The Morgan fingerprint density at radius 2 is 2.11 bits per heavy atom. The first-order valence-electron chi connectivity index (χ1n) is 5.63. The molecule has 1 rings (SSSR count). The van der Waals surface area contributed by atoms with Crippen molar-refractivity contribution < 1.29 is 13.5 Å². The first-order valence-corrected chi connectivity index (χ1v) is 5.63. The molecule has 5 heteroatoms. The molecule has 0 aliphatic rings. The molecule has 98 valence electrons. The predicted octanol–water partition coefficient (Wildman–Crippen LogP) is 2.62. The summed E-state index contributed by atoms with van der Waals surface area (Å²) in [6.45, 7) is 5.43. The fraction of sp³-hybridized carbons (Fsp3) is 0.462. The van der Waals surface area contributed by atoms with Gasteiger partial charge in [-0.25, -0.2) is 8.78 Å². The molecule has 0 aromatic heterocycles. The molecule has 1 aromatic carbocycles. The van der Waals surface area contributed by atoms with Gasteiger partial charge in [0.1, 0.15) is 18.0 Å². The summed E-state index contributed by atoms with van der Waals surface area (Å²) in [5, 5.41) is 12.1. The maximum atomic E-state index is 13.3. The van der Waals surface area contributed by atoms with E-state index in [1.807, 2.05) is 13.8 Å². The van der Waals surface area contributed by atoms with Gasteiger partial charge in [0.2, 0.25) is 0 Å². The molecule has 0 aliphatic heterocycles. The predicted molar refractivity (Wildman–Crippen MR) is 64.1 cm³/mol. The number of rotatable bonds is 5. The lowest BCUT2D eigenvalue weighted by molar-refractivity contribution is 0.217. The van der Waals surface area contributed by atoms with Gasteiger partial charge < -0.3 is 4.74 Å². The van der Waals surface area contributed by atoms with Gasteiger partial charge in [0, 0.05) is 12.1 Å². The zero-order chi connectivity index (χ0) is 13.8. The van der Waals surface area contributed by atoms with Gasteiger partial charge in [-0.1, -0.05) is 0 Å². The molecule has 0 bridgehead atoms. The molecule has 0 saturated heterocycles. The minimum absolute atomic E-state index is 0.0236. The molecule has 1 unspecified atom stereocenters. The van der Waals surface area contributed by atoms with Crippen LogP contribution in [0.15, 0.2) is 18.2 Å². The molecule has 1 N–H and O–H groups in total. The number of nitrogens with zero attached hydrogens (tertiary/aromatic N) is 1. The molecule has 1 atom stereocenters. The molecule has 18 heavy (non-hydrogen) atoms. The SMILES string of the molecule is CC(C)NC(C)(C#N)COc1ccc(F)cc1F. The van der Waals surface area contributed by atoms with Crippen molar-refractivity contribution in [3.05, 3.63) is 29.8 Å². The van der Waals surface area contributed by atoms with E-state index in [-0.39, 0.29) is 18.4 Å². The highest BCUT2D eigenvalue weighted by molar-refractivity contribution is 5.25. The smallest absolute Gasteiger partial charge is 0.167 e. The van der Waals surface area contributed by atoms with E-state index >= 15 is 0 Å². The van der Waals surface area contributed by atoms with Crippen LogP contribution in [0.2, 0.25) is 0 Å². The summed E-state index contributed by atoms with van der Waals surface area (Å²) in [6, 6.07) is 5.23. The molecule has 0 radical (unpaired) electrons. The Labute approximate surface area is 105 Å². The van der Waals surface area contributed by atoms with E-state index < -0.39 is 17.2 Å². The Balaban J connectivity index is 2.71. The van der Waals surface area contributed by atoms with E-state index in [1.165, 1.54) is 6.07 Å². The standard InChI is InChI=1S/C13H16F2N2O/c1-9(2)17-13(3,7-16)8-18-12-5-4-10(14)6-11(12)15/h4-6,9,17H,8H2,1-3H3. The van der Waals surface area contributed by atoms with Crippen molar-refractivity contribution >= 4 is 0 Å². The summed E-state index contributed by atoms with van der Waals surface area (Å²) >= 11 is 0. The summed E-state index contributed by atoms with van der Waals surface area (Å²) in [7, 11) is 0. The van der Waals surface area contributed by atoms with Crippen LogP contribution in [0.5, 0.6) is 5.75 Å². The van der Waals surface area contributed by atoms with Gasteiger partial charge in [-0.15, -0.1) is 0 Å². The number of hydrogen-bond donors (Lipinski definition) is 1. The van der Waals surface area contributed by atoms with Crippen molar-refractivity contribution in [2.75, 3.05) is 6.61 Å². The third-order valence-electron chi connectivity index (χ3n) is 2.26. The second-order valence-corrected chi connectivity index (χ2v) is 4.61. The Kier molecular flexibility index (Phi) is 4.62. The third-order valence-corrected chi connectivity index (χ3v) is 2.26. The van der Waals surface area contributed by atoms with Crippen molar-refractivity contribution in [1.29, 1.82) is 5.26 Å². The van der Waals surface area contributed by atoms with E-state index in [0.717, 1.165) is 12.1 Å². The lowest BCUT2D eigenvalue weighted by Crippen LogP contribution is -2.49. The van der Waals surface area contributed by atoms with Crippen molar-refractivity contribution in [2.45, 2.75) is 32.4 Å². The number of nitriles is 1. The number of halogens is 2. The number of hydrogen-bond acceptors (Lipinski definition) is 3. The average molecular weight is 254 g/mol. The summed E-state index contributed by atoms with van der Waals surface area (Å²) < 4.78 is 31.2. The van der Waals surface area contributed by atoms with Crippen LogP contribution in [-0.4, -0.2) is 18.2 Å². The second kappa shape index (κ2) is 5.78. The van der Waals surface area contributed by atoms with Gasteiger partial charge in [-0.3, -0.25) is 5.32 Å². The van der Waals surface area contributed by atoms with E-state index in [2.05, 4.69) is 11.4 Å². The molecular formula is C13H16F2N2O. The highest BCUT2D eigenvalue weighted by Gasteiger charge is 2.26. The fourth-order valence-corrected chi connectivity index (χ4v) is 1.56. The molecule has 0 spiro atoms. The maximum absolute atomic E-state index is 13.3. The number of nitrogens with one attached hydrogen (secondary N) is 1. The summed E-state index contributed by atoms with van der Waals surface area (Å²) in [5.41, 5.74) is -0.922. The van der Waals surface area contributed by atoms with E-state index in [9.17, 15) is 8.78 Å². The van der Waals surface area contributed by atoms with Gasteiger partial charge in [0.15, 0.2) is 11.6 Å². The van der Waals surface area contributed by atoms with Crippen molar-refractivity contribution in [1.82, 2.24) is 5.32 Å². The maximum Gasteiger partial charge on any atom is 0.167 e. The highest BCUT2D eigenvalue weighted by atomic mass is 19.1. The van der Waals surface area contributed by atoms with Crippen molar-refractivity contribution in [2.24, 2.45) is 0 Å². The molecule has 3 nitrogen and oxygen atoms in total.